The van der Waals surface area contributed by atoms with Gasteiger partial charge in [-0.2, -0.15) is 0 Å². The Kier molecular flexibility index (Phi) is 5.25. The van der Waals surface area contributed by atoms with Gasteiger partial charge in [0.2, 0.25) is 5.91 Å². The molecule has 0 saturated carbocycles. The van der Waals surface area contributed by atoms with Crippen LogP contribution in [0, 0.1) is 3.57 Å². The van der Waals surface area contributed by atoms with E-state index in [4.69, 9.17) is 17.3 Å². The monoisotopic (exact) mass is 400 g/mol. The van der Waals surface area contributed by atoms with Gasteiger partial charge >= 0.3 is 0 Å². The molecule has 104 valence electrons. The predicted octanol–water partition coefficient (Wildman–Crippen LogP) is 4.10. The Balaban J connectivity index is 1.94. The van der Waals surface area contributed by atoms with Gasteiger partial charge in [-0.3, -0.25) is 4.79 Å². The number of carbonyl (C=O) groups is 1. The highest BCUT2D eigenvalue weighted by molar-refractivity contribution is 14.1. The normalized spacial score (nSPS) is 10.3. The Morgan fingerprint density at radius 3 is 2.70 bits per heavy atom. The van der Waals surface area contributed by atoms with Gasteiger partial charge in [0.05, 0.1) is 10.7 Å². The summed E-state index contributed by atoms with van der Waals surface area (Å²) in [7, 11) is 0. The van der Waals surface area contributed by atoms with E-state index in [-0.39, 0.29) is 5.91 Å². The summed E-state index contributed by atoms with van der Waals surface area (Å²) in [5.41, 5.74) is 8.18. The Morgan fingerprint density at radius 2 is 2.00 bits per heavy atom. The van der Waals surface area contributed by atoms with E-state index in [0.717, 1.165) is 9.13 Å². The minimum Gasteiger partial charge on any atom is -0.399 e. The number of nitrogens with two attached hydrogens (primary N) is 1. The van der Waals surface area contributed by atoms with Crippen LogP contribution in [0.1, 0.15) is 12.0 Å². The van der Waals surface area contributed by atoms with Crippen molar-refractivity contribution in [3.8, 4) is 0 Å². The van der Waals surface area contributed by atoms with Gasteiger partial charge in [0.25, 0.3) is 0 Å². The zero-order chi connectivity index (χ0) is 14.5. The molecular formula is C15H14ClIN2O. The molecule has 0 bridgehead atoms. The molecule has 0 spiro atoms. The van der Waals surface area contributed by atoms with Crippen LogP contribution in [0.4, 0.5) is 11.4 Å². The number of benzene rings is 2. The fraction of sp³-hybridized carbons (Fsp3) is 0.133. The number of nitrogen functional groups attached to an aromatic ring is 1. The maximum Gasteiger partial charge on any atom is 0.224 e. The van der Waals surface area contributed by atoms with Gasteiger partial charge < -0.3 is 11.1 Å². The lowest BCUT2D eigenvalue weighted by Gasteiger charge is -2.08. The molecular weight excluding hydrogens is 387 g/mol. The third kappa shape index (κ3) is 4.11. The highest BCUT2D eigenvalue weighted by Gasteiger charge is 2.07. The maximum atomic E-state index is 11.9. The van der Waals surface area contributed by atoms with E-state index in [9.17, 15) is 4.79 Å². The second-order valence-electron chi connectivity index (χ2n) is 4.37. The first-order valence-corrected chi connectivity index (χ1v) is 7.60. The lowest BCUT2D eigenvalue weighted by atomic mass is 10.1. The van der Waals surface area contributed by atoms with E-state index < -0.39 is 0 Å². The summed E-state index contributed by atoms with van der Waals surface area (Å²) in [6.45, 7) is 0. The molecule has 2 rings (SSSR count). The van der Waals surface area contributed by atoms with Crippen molar-refractivity contribution in [3.05, 3.63) is 56.6 Å². The van der Waals surface area contributed by atoms with Gasteiger partial charge in [-0.15, -0.1) is 0 Å². The fourth-order valence-electron chi connectivity index (χ4n) is 1.81. The predicted molar refractivity (Wildman–Crippen MR) is 92.0 cm³/mol. The lowest BCUT2D eigenvalue weighted by molar-refractivity contribution is -0.116. The van der Waals surface area contributed by atoms with Gasteiger partial charge in [0, 0.05) is 15.7 Å². The Bertz CT molecular complexity index is 631. The molecule has 2 aromatic carbocycles. The molecule has 0 fully saturated rings. The average molecular weight is 401 g/mol. The number of nitrogens with one attached hydrogen (secondary N) is 1. The molecule has 0 radical (unpaired) electrons. The third-order valence-corrected chi connectivity index (χ3v) is 3.87. The second kappa shape index (κ2) is 6.95. The van der Waals surface area contributed by atoms with Crippen molar-refractivity contribution in [2.45, 2.75) is 12.8 Å². The molecule has 3 nitrogen and oxygen atoms in total. The molecule has 0 aliphatic heterocycles. The van der Waals surface area contributed by atoms with Crippen LogP contribution in [-0.4, -0.2) is 5.91 Å². The van der Waals surface area contributed by atoms with Crippen LogP contribution in [0.2, 0.25) is 5.02 Å². The Labute approximate surface area is 136 Å². The van der Waals surface area contributed by atoms with Crippen molar-refractivity contribution >= 4 is 51.5 Å². The standard InChI is InChI=1S/C15H14ClIN2O/c16-12-9-11(17)6-7-14(12)19-15(20)8-5-10-3-1-2-4-13(10)18/h1-4,6-7,9H,5,8,18H2,(H,19,20). The number of aryl methyl sites for hydroxylation is 1. The molecule has 0 heterocycles. The number of hydrogen-bond acceptors (Lipinski definition) is 2. The lowest BCUT2D eigenvalue weighted by Crippen LogP contribution is -2.13. The number of anilines is 2. The van der Waals surface area contributed by atoms with Crippen LogP contribution >= 0.6 is 34.2 Å². The number of para-hydroxylation sites is 1. The van der Waals surface area contributed by atoms with Crippen LogP contribution in [0.15, 0.2) is 42.5 Å². The zero-order valence-electron chi connectivity index (χ0n) is 10.7. The van der Waals surface area contributed by atoms with E-state index in [1.165, 1.54) is 0 Å². The van der Waals surface area contributed by atoms with Crippen molar-refractivity contribution in [1.29, 1.82) is 0 Å². The van der Waals surface area contributed by atoms with Crippen molar-refractivity contribution in [1.82, 2.24) is 0 Å². The molecule has 20 heavy (non-hydrogen) atoms. The molecule has 5 heteroatoms. The molecule has 2 aromatic rings. The molecule has 1 amide bonds. The minimum absolute atomic E-state index is 0.0728. The average Bonchev–Trinajstić information content (AvgIpc) is 2.41. The Morgan fingerprint density at radius 1 is 1.25 bits per heavy atom. The summed E-state index contributed by atoms with van der Waals surface area (Å²) in [5, 5.41) is 3.36. The van der Waals surface area contributed by atoms with Crippen molar-refractivity contribution in [3.63, 3.8) is 0 Å². The molecule has 0 saturated heterocycles. The number of amides is 1. The van der Waals surface area contributed by atoms with Crippen molar-refractivity contribution < 1.29 is 4.79 Å². The third-order valence-electron chi connectivity index (χ3n) is 2.88. The first kappa shape index (κ1) is 15.1. The van der Waals surface area contributed by atoms with Crippen LogP contribution in [-0.2, 0) is 11.2 Å². The van der Waals surface area contributed by atoms with Crippen LogP contribution < -0.4 is 11.1 Å². The number of carbonyl (C=O) groups excluding carboxylic acids is 1. The largest absolute Gasteiger partial charge is 0.399 e. The summed E-state index contributed by atoms with van der Waals surface area (Å²) in [5.74, 6) is -0.0728. The number of halogens is 2. The highest BCUT2D eigenvalue weighted by Crippen LogP contribution is 2.24. The molecule has 0 aliphatic rings. The van der Waals surface area contributed by atoms with Crippen LogP contribution in [0.25, 0.3) is 0 Å². The van der Waals surface area contributed by atoms with Crippen molar-refractivity contribution in [2.24, 2.45) is 0 Å². The SMILES string of the molecule is Nc1ccccc1CCC(=O)Nc1ccc(I)cc1Cl. The van der Waals surface area contributed by atoms with E-state index in [2.05, 4.69) is 27.9 Å². The van der Waals surface area contributed by atoms with Gasteiger partial charge in [0.1, 0.15) is 0 Å². The highest BCUT2D eigenvalue weighted by atomic mass is 127. The molecule has 0 unspecified atom stereocenters. The second-order valence-corrected chi connectivity index (χ2v) is 6.02. The van der Waals surface area contributed by atoms with Gasteiger partial charge in [0.15, 0.2) is 0 Å². The van der Waals surface area contributed by atoms with Gasteiger partial charge in [-0.25, -0.2) is 0 Å². The van der Waals surface area contributed by atoms with Gasteiger partial charge in [-0.1, -0.05) is 29.8 Å². The number of hydrogen-bond donors (Lipinski definition) is 2. The molecule has 0 aliphatic carbocycles. The Hall–Kier alpha value is -1.27. The van der Waals surface area contributed by atoms with Gasteiger partial charge in [-0.05, 0) is 58.8 Å². The van der Waals surface area contributed by atoms with Crippen molar-refractivity contribution in [2.75, 3.05) is 11.1 Å². The minimum atomic E-state index is -0.0728. The van der Waals surface area contributed by atoms with Crippen LogP contribution in [0.3, 0.4) is 0 Å². The molecule has 0 aromatic heterocycles. The van der Waals surface area contributed by atoms with E-state index >= 15 is 0 Å². The maximum absolute atomic E-state index is 11.9. The summed E-state index contributed by atoms with van der Waals surface area (Å²) < 4.78 is 1.03. The molecule has 3 N–H and O–H groups in total. The first-order chi connectivity index (χ1) is 9.56. The van der Waals surface area contributed by atoms with Crippen LogP contribution in [0.5, 0.6) is 0 Å². The quantitative estimate of drug-likeness (QED) is 0.600. The smallest absolute Gasteiger partial charge is 0.224 e. The zero-order valence-corrected chi connectivity index (χ0v) is 13.6. The first-order valence-electron chi connectivity index (χ1n) is 6.14. The fourth-order valence-corrected chi connectivity index (χ4v) is 2.72. The van der Waals surface area contributed by atoms with E-state index in [1.807, 2.05) is 36.4 Å². The van der Waals surface area contributed by atoms with E-state index in [0.29, 0.717) is 29.2 Å². The number of rotatable bonds is 4. The summed E-state index contributed by atoms with van der Waals surface area (Å²) >= 11 is 8.25. The summed E-state index contributed by atoms with van der Waals surface area (Å²) in [4.78, 5) is 11.9. The topological polar surface area (TPSA) is 55.1 Å². The molecule has 0 atom stereocenters. The summed E-state index contributed by atoms with van der Waals surface area (Å²) in [6.07, 6.45) is 0.983. The summed E-state index contributed by atoms with van der Waals surface area (Å²) in [6, 6.07) is 13.1. The van der Waals surface area contributed by atoms with E-state index in [1.54, 1.807) is 6.07 Å².